The zero-order valence-corrected chi connectivity index (χ0v) is 16.6. The molecule has 2 aromatic heterocycles. The molecule has 10 heteroatoms. The molecular formula is C18H21N7O2S. The fourth-order valence-electron chi connectivity index (χ4n) is 2.27. The van der Waals surface area contributed by atoms with Crippen molar-refractivity contribution in [3.63, 3.8) is 0 Å². The van der Waals surface area contributed by atoms with E-state index < -0.39 is 0 Å². The van der Waals surface area contributed by atoms with Gasteiger partial charge in [-0.2, -0.15) is 5.10 Å². The van der Waals surface area contributed by atoms with Gasteiger partial charge >= 0.3 is 0 Å². The molecule has 1 amide bonds. The van der Waals surface area contributed by atoms with Crippen LogP contribution in [-0.4, -0.2) is 32.7 Å². The van der Waals surface area contributed by atoms with Gasteiger partial charge in [-0.1, -0.05) is 17.8 Å². The van der Waals surface area contributed by atoms with Gasteiger partial charge in [0, 0.05) is 5.69 Å². The second kappa shape index (κ2) is 8.61. The van der Waals surface area contributed by atoms with Crippen molar-refractivity contribution >= 4 is 35.5 Å². The number of nitrogen functional groups attached to an aromatic ring is 1. The number of aromatic nitrogens is 3. The Bertz CT molecular complexity index is 1010. The minimum Gasteiger partial charge on any atom is -0.460 e. The maximum atomic E-state index is 12.2. The molecule has 0 radical (unpaired) electrons. The summed E-state index contributed by atoms with van der Waals surface area (Å²) in [4.78, 5) is 12.2. The van der Waals surface area contributed by atoms with E-state index in [1.54, 1.807) is 6.07 Å². The first-order valence-electron chi connectivity index (χ1n) is 8.48. The van der Waals surface area contributed by atoms with Gasteiger partial charge in [-0.15, -0.1) is 10.2 Å². The van der Waals surface area contributed by atoms with Crippen molar-refractivity contribution in [3.05, 3.63) is 53.0 Å². The number of nitrogens with one attached hydrogen (secondary N) is 2. The number of anilines is 2. The molecule has 0 unspecified atom stereocenters. The first kappa shape index (κ1) is 19.5. The smallest absolute Gasteiger partial charge is 0.264 e. The van der Waals surface area contributed by atoms with Crippen LogP contribution >= 0.6 is 11.8 Å². The predicted molar refractivity (Wildman–Crippen MR) is 110 cm³/mol. The number of nitrogens with two attached hydrogens (primary N) is 1. The Balaban J connectivity index is 1.52. The lowest BCUT2D eigenvalue weighted by atomic mass is 10.1. The molecule has 0 saturated carbocycles. The maximum Gasteiger partial charge on any atom is 0.264 e. The van der Waals surface area contributed by atoms with E-state index in [2.05, 4.69) is 26.0 Å². The number of thioether (sulfide) groups is 1. The van der Waals surface area contributed by atoms with Gasteiger partial charge in [-0.25, -0.2) is 10.1 Å². The molecule has 0 fully saturated rings. The van der Waals surface area contributed by atoms with Crippen molar-refractivity contribution < 1.29 is 9.21 Å². The highest BCUT2D eigenvalue weighted by Gasteiger charge is 2.12. The van der Waals surface area contributed by atoms with Gasteiger partial charge in [0.1, 0.15) is 11.5 Å². The first-order chi connectivity index (χ1) is 13.4. The number of rotatable bonds is 7. The lowest BCUT2D eigenvalue weighted by Gasteiger charge is -2.07. The minimum absolute atomic E-state index is 0.150. The largest absolute Gasteiger partial charge is 0.460 e. The van der Waals surface area contributed by atoms with Crippen molar-refractivity contribution in [2.24, 2.45) is 5.10 Å². The van der Waals surface area contributed by atoms with Crippen LogP contribution < -0.4 is 16.6 Å². The number of hydrogen-bond acceptors (Lipinski definition) is 8. The molecule has 146 valence electrons. The molecule has 1 aromatic carbocycles. The Morgan fingerprint density at radius 1 is 1.25 bits per heavy atom. The zero-order valence-electron chi connectivity index (χ0n) is 15.8. The van der Waals surface area contributed by atoms with E-state index in [1.165, 1.54) is 28.2 Å². The van der Waals surface area contributed by atoms with Crippen LogP contribution in [0.1, 0.15) is 22.6 Å². The number of carbonyl (C=O) groups excluding carboxylic acids is 1. The molecule has 4 N–H and O–H groups in total. The van der Waals surface area contributed by atoms with E-state index in [1.807, 2.05) is 45.0 Å². The molecule has 3 aromatic rings. The number of hydrazone groups is 1. The quantitative estimate of drug-likeness (QED) is 0.241. The monoisotopic (exact) mass is 399 g/mol. The molecule has 0 aliphatic carbocycles. The van der Waals surface area contributed by atoms with Crippen LogP contribution in [0.25, 0.3) is 0 Å². The number of benzene rings is 1. The van der Waals surface area contributed by atoms with Crippen LogP contribution in [0, 0.1) is 20.8 Å². The Kier molecular flexibility index (Phi) is 5.99. The minimum atomic E-state index is -0.156. The highest BCUT2D eigenvalue weighted by Crippen LogP contribution is 2.18. The van der Waals surface area contributed by atoms with Crippen molar-refractivity contribution in [2.45, 2.75) is 25.9 Å². The second-order valence-corrected chi connectivity index (χ2v) is 7.07. The lowest BCUT2D eigenvalue weighted by molar-refractivity contribution is -0.113. The summed E-state index contributed by atoms with van der Waals surface area (Å²) in [6.07, 6.45) is 1.51. The van der Waals surface area contributed by atoms with Gasteiger partial charge in [0.25, 0.3) is 5.95 Å². The predicted octanol–water partition coefficient (Wildman–Crippen LogP) is 2.69. The highest BCUT2D eigenvalue weighted by molar-refractivity contribution is 7.99. The molecule has 0 aliphatic rings. The molecule has 0 aliphatic heterocycles. The number of hydrogen-bond donors (Lipinski definition) is 3. The summed E-state index contributed by atoms with van der Waals surface area (Å²) in [6.45, 7) is 5.87. The van der Waals surface area contributed by atoms with E-state index in [0.29, 0.717) is 10.9 Å². The van der Waals surface area contributed by atoms with Crippen LogP contribution in [0.4, 0.5) is 11.6 Å². The fraction of sp³-hybridized carbons (Fsp3) is 0.222. The van der Waals surface area contributed by atoms with E-state index in [9.17, 15) is 4.79 Å². The Hall–Kier alpha value is -3.27. The third-order valence-electron chi connectivity index (χ3n) is 3.91. The molecule has 0 spiro atoms. The van der Waals surface area contributed by atoms with Gasteiger partial charge in [-0.05, 0) is 56.2 Å². The first-order valence-corrected chi connectivity index (χ1v) is 9.47. The molecule has 0 bridgehead atoms. The number of carbonyl (C=O) groups is 1. The van der Waals surface area contributed by atoms with Gasteiger partial charge < -0.3 is 15.6 Å². The Labute approximate surface area is 166 Å². The van der Waals surface area contributed by atoms with Crippen LogP contribution in [0.5, 0.6) is 0 Å². The molecule has 3 rings (SSSR count). The van der Waals surface area contributed by atoms with Crippen LogP contribution in [0.15, 0.2) is 45.0 Å². The summed E-state index contributed by atoms with van der Waals surface area (Å²) >= 11 is 1.18. The molecule has 0 atom stereocenters. The number of aryl methyl sites for hydroxylation is 3. The average Bonchev–Trinajstić information content (AvgIpc) is 3.22. The van der Waals surface area contributed by atoms with Crippen molar-refractivity contribution in [3.8, 4) is 0 Å². The van der Waals surface area contributed by atoms with E-state index in [-0.39, 0.29) is 17.6 Å². The maximum absolute atomic E-state index is 12.2. The zero-order chi connectivity index (χ0) is 20.1. The van der Waals surface area contributed by atoms with E-state index in [0.717, 1.165) is 17.0 Å². The fourth-order valence-corrected chi connectivity index (χ4v) is 2.93. The molecular weight excluding hydrogens is 378 g/mol. The topological polar surface area (TPSA) is 123 Å². The third kappa shape index (κ3) is 4.92. The number of nitrogens with zero attached hydrogens (tertiary/aromatic N) is 4. The second-order valence-electron chi connectivity index (χ2n) is 6.13. The summed E-state index contributed by atoms with van der Waals surface area (Å²) in [7, 11) is 0. The van der Waals surface area contributed by atoms with Crippen molar-refractivity contribution in [2.75, 3.05) is 22.3 Å². The number of amides is 1. The molecule has 2 heterocycles. The standard InChI is InChI=1S/C18H21N7O2S/c1-11-4-6-14(8-12(11)2)21-16(26)10-28-18-24-23-17(25(18)19)22-20-9-15-7-5-13(3)27-15/h4-9H,10,19H2,1-3H3,(H,21,26)(H,22,23)/b20-9+. The summed E-state index contributed by atoms with van der Waals surface area (Å²) in [5.74, 6) is 7.58. The van der Waals surface area contributed by atoms with Crippen LogP contribution in [-0.2, 0) is 4.79 Å². The van der Waals surface area contributed by atoms with Crippen molar-refractivity contribution in [1.29, 1.82) is 0 Å². The van der Waals surface area contributed by atoms with Crippen LogP contribution in [0.2, 0.25) is 0 Å². The normalized spacial score (nSPS) is 11.1. The third-order valence-corrected chi connectivity index (χ3v) is 4.85. The summed E-state index contributed by atoms with van der Waals surface area (Å²) in [6, 6.07) is 9.41. The van der Waals surface area contributed by atoms with Crippen molar-refractivity contribution in [1.82, 2.24) is 14.9 Å². The molecule has 0 saturated heterocycles. The Morgan fingerprint density at radius 3 is 2.79 bits per heavy atom. The number of furan rings is 1. The van der Waals surface area contributed by atoms with Gasteiger partial charge in [0.05, 0.1) is 12.0 Å². The van der Waals surface area contributed by atoms with E-state index in [4.69, 9.17) is 10.3 Å². The molecule has 9 nitrogen and oxygen atoms in total. The average molecular weight is 399 g/mol. The van der Waals surface area contributed by atoms with E-state index >= 15 is 0 Å². The molecule has 28 heavy (non-hydrogen) atoms. The SMILES string of the molecule is Cc1ccc(/C=N/Nc2nnc(SCC(=O)Nc3ccc(C)c(C)c3)n2N)o1. The van der Waals surface area contributed by atoms with Gasteiger partial charge in [0.2, 0.25) is 11.1 Å². The lowest BCUT2D eigenvalue weighted by Crippen LogP contribution is -2.17. The highest BCUT2D eigenvalue weighted by atomic mass is 32.2. The van der Waals surface area contributed by atoms with Gasteiger partial charge in [0.15, 0.2) is 0 Å². The summed E-state index contributed by atoms with van der Waals surface area (Å²) in [5, 5.41) is 15.1. The van der Waals surface area contributed by atoms with Gasteiger partial charge in [-0.3, -0.25) is 4.79 Å². The summed E-state index contributed by atoms with van der Waals surface area (Å²) in [5.41, 5.74) is 5.74. The Morgan fingerprint density at radius 2 is 2.07 bits per heavy atom. The summed E-state index contributed by atoms with van der Waals surface area (Å²) < 4.78 is 6.61. The van der Waals surface area contributed by atoms with Crippen LogP contribution in [0.3, 0.4) is 0 Å².